The first-order valence-electron chi connectivity index (χ1n) is 6.68. The number of benzene rings is 1. The molecule has 21 heavy (non-hydrogen) atoms. The van der Waals surface area contributed by atoms with Crippen molar-refractivity contribution >= 4 is 11.5 Å². The van der Waals surface area contributed by atoms with Crippen LogP contribution in [-0.4, -0.2) is 15.9 Å². The van der Waals surface area contributed by atoms with Crippen LogP contribution in [0.3, 0.4) is 0 Å². The summed E-state index contributed by atoms with van der Waals surface area (Å²) in [7, 11) is 0. The minimum Gasteiger partial charge on any atom is -0.361 e. The van der Waals surface area contributed by atoms with Crippen molar-refractivity contribution in [2.45, 2.75) is 25.3 Å². The van der Waals surface area contributed by atoms with Crippen molar-refractivity contribution in [3.8, 4) is 0 Å². The fourth-order valence-electron chi connectivity index (χ4n) is 2.50. The van der Waals surface area contributed by atoms with Gasteiger partial charge in [0.2, 0.25) is 5.82 Å². The second-order valence-electron chi connectivity index (χ2n) is 5.23. The predicted octanol–water partition coefficient (Wildman–Crippen LogP) is 3.41. The second kappa shape index (κ2) is 5.12. The van der Waals surface area contributed by atoms with Gasteiger partial charge >= 0.3 is 5.69 Å². The number of anilines is 1. The Balaban J connectivity index is 1.76. The van der Waals surface area contributed by atoms with E-state index in [0.717, 1.165) is 12.0 Å². The van der Waals surface area contributed by atoms with Crippen LogP contribution in [0.2, 0.25) is 0 Å². The lowest BCUT2D eigenvalue weighted by atomic mass is 10.1. The van der Waals surface area contributed by atoms with E-state index in [9.17, 15) is 14.5 Å². The zero-order valence-corrected chi connectivity index (χ0v) is 11.4. The molecule has 1 aromatic heterocycles. The zero-order chi connectivity index (χ0) is 15.0. The molecule has 1 aromatic carbocycles. The highest BCUT2D eigenvalue weighted by Gasteiger charge is 2.39. The molecule has 1 N–H and O–H groups in total. The summed E-state index contributed by atoms with van der Waals surface area (Å²) in [6, 6.07) is 8.08. The Morgan fingerprint density at radius 3 is 2.71 bits per heavy atom. The largest absolute Gasteiger partial charge is 0.361 e. The van der Waals surface area contributed by atoms with Crippen LogP contribution in [-0.2, 0) is 0 Å². The van der Waals surface area contributed by atoms with Crippen LogP contribution in [0, 0.1) is 22.9 Å². The first-order valence-corrected chi connectivity index (χ1v) is 6.68. The third-order valence-corrected chi connectivity index (χ3v) is 3.72. The maximum atomic E-state index is 12.9. The van der Waals surface area contributed by atoms with Crippen molar-refractivity contribution in [3.63, 3.8) is 0 Å². The first kappa shape index (κ1) is 13.5. The van der Waals surface area contributed by atoms with Crippen LogP contribution in [0.5, 0.6) is 0 Å². The fourth-order valence-corrected chi connectivity index (χ4v) is 2.50. The van der Waals surface area contributed by atoms with Gasteiger partial charge in [0.1, 0.15) is 5.82 Å². The summed E-state index contributed by atoms with van der Waals surface area (Å²) in [5.41, 5.74) is 1.63. The number of halogens is 1. The van der Waals surface area contributed by atoms with Crippen molar-refractivity contribution in [2.75, 3.05) is 5.32 Å². The monoisotopic (exact) mass is 287 g/mol. The molecular weight excluding hydrogens is 273 g/mol. The SMILES string of the molecule is Cc1ccnc(N[C@@H]2C[C@H]2c2ccc(F)cc2)c1[N+](=O)[O-]. The van der Waals surface area contributed by atoms with Crippen LogP contribution in [0.4, 0.5) is 15.9 Å². The third-order valence-electron chi connectivity index (χ3n) is 3.72. The van der Waals surface area contributed by atoms with Crippen molar-refractivity contribution in [1.82, 2.24) is 4.98 Å². The molecule has 1 fully saturated rings. The molecule has 1 saturated carbocycles. The summed E-state index contributed by atoms with van der Waals surface area (Å²) in [4.78, 5) is 14.8. The number of hydrogen-bond donors (Lipinski definition) is 1. The molecule has 2 atom stereocenters. The molecule has 3 rings (SSSR count). The van der Waals surface area contributed by atoms with Crippen molar-refractivity contribution in [1.29, 1.82) is 0 Å². The predicted molar refractivity (Wildman–Crippen MR) is 76.8 cm³/mol. The lowest BCUT2D eigenvalue weighted by Crippen LogP contribution is -2.09. The van der Waals surface area contributed by atoms with Gasteiger partial charge in [-0.05, 0) is 37.1 Å². The molecule has 0 saturated heterocycles. The van der Waals surface area contributed by atoms with E-state index < -0.39 is 4.92 Å². The standard InChI is InChI=1S/C15H14FN3O2/c1-9-6-7-17-15(14(9)19(20)21)18-13-8-12(13)10-2-4-11(16)5-3-10/h2-7,12-13H,8H2,1H3,(H,17,18)/t12-,13+/m0/s1. The minimum atomic E-state index is -0.417. The Labute approximate surface area is 121 Å². The average Bonchev–Trinajstić information content (AvgIpc) is 3.18. The molecule has 1 heterocycles. The average molecular weight is 287 g/mol. The number of nitrogens with one attached hydrogen (secondary N) is 1. The number of aromatic nitrogens is 1. The van der Waals surface area contributed by atoms with E-state index in [4.69, 9.17) is 0 Å². The van der Waals surface area contributed by atoms with Gasteiger partial charge in [-0.2, -0.15) is 0 Å². The highest BCUT2D eigenvalue weighted by atomic mass is 19.1. The molecule has 1 aliphatic rings. The van der Waals surface area contributed by atoms with Gasteiger partial charge in [0.25, 0.3) is 0 Å². The van der Waals surface area contributed by atoms with Gasteiger partial charge in [-0.25, -0.2) is 9.37 Å². The van der Waals surface area contributed by atoms with Crippen LogP contribution in [0.1, 0.15) is 23.5 Å². The summed E-state index contributed by atoms with van der Waals surface area (Å²) in [6.45, 7) is 1.69. The third kappa shape index (κ3) is 2.69. The molecule has 0 amide bonds. The summed E-state index contributed by atoms with van der Waals surface area (Å²) < 4.78 is 12.9. The van der Waals surface area contributed by atoms with Gasteiger partial charge in [0.15, 0.2) is 0 Å². The lowest BCUT2D eigenvalue weighted by Gasteiger charge is -2.07. The van der Waals surface area contributed by atoms with E-state index in [-0.39, 0.29) is 23.5 Å². The van der Waals surface area contributed by atoms with E-state index in [0.29, 0.717) is 11.4 Å². The van der Waals surface area contributed by atoms with E-state index in [1.54, 1.807) is 31.3 Å². The molecule has 1 aliphatic carbocycles. The number of nitrogens with zero attached hydrogens (tertiary/aromatic N) is 2. The maximum Gasteiger partial charge on any atom is 0.314 e. The smallest absolute Gasteiger partial charge is 0.314 e. The molecule has 0 unspecified atom stereocenters. The Morgan fingerprint density at radius 2 is 2.05 bits per heavy atom. The zero-order valence-electron chi connectivity index (χ0n) is 11.4. The van der Waals surface area contributed by atoms with Crippen molar-refractivity contribution in [2.24, 2.45) is 0 Å². The fraction of sp³-hybridized carbons (Fsp3) is 0.267. The van der Waals surface area contributed by atoms with Crippen LogP contribution in [0.15, 0.2) is 36.5 Å². The van der Waals surface area contributed by atoms with Crippen molar-refractivity contribution < 1.29 is 9.31 Å². The minimum absolute atomic E-state index is 0.0160. The molecule has 0 radical (unpaired) electrons. The summed E-state index contributed by atoms with van der Waals surface area (Å²) in [5.74, 6) is 0.280. The molecule has 5 nitrogen and oxygen atoms in total. The second-order valence-corrected chi connectivity index (χ2v) is 5.23. The van der Waals surface area contributed by atoms with Crippen LogP contribution in [0.25, 0.3) is 0 Å². The highest BCUT2D eigenvalue weighted by Crippen LogP contribution is 2.43. The van der Waals surface area contributed by atoms with Gasteiger partial charge in [0.05, 0.1) is 4.92 Å². The number of rotatable bonds is 4. The maximum absolute atomic E-state index is 12.9. The van der Waals surface area contributed by atoms with Gasteiger partial charge in [-0.15, -0.1) is 0 Å². The lowest BCUT2D eigenvalue weighted by molar-refractivity contribution is -0.384. The van der Waals surface area contributed by atoms with E-state index >= 15 is 0 Å². The van der Waals surface area contributed by atoms with Crippen LogP contribution >= 0.6 is 0 Å². The molecule has 108 valence electrons. The van der Waals surface area contributed by atoms with Gasteiger partial charge < -0.3 is 5.32 Å². The Kier molecular flexibility index (Phi) is 3.29. The van der Waals surface area contributed by atoms with Gasteiger partial charge in [-0.1, -0.05) is 12.1 Å². The number of hydrogen-bond acceptors (Lipinski definition) is 4. The molecule has 6 heteroatoms. The summed E-state index contributed by atoms with van der Waals surface area (Å²) in [6.07, 6.45) is 2.42. The van der Waals surface area contributed by atoms with Gasteiger partial charge in [-0.3, -0.25) is 10.1 Å². The quantitative estimate of drug-likeness (QED) is 0.691. The Bertz CT molecular complexity index is 688. The number of nitro groups is 1. The number of aryl methyl sites for hydroxylation is 1. The van der Waals surface area contributed by atoms with E-state index in [1.807, 2.05) is 0 Å². The van der Waals surface area contributed by atoms with E-state index in [2.05, 4.69) is 10.3 Å². The molecule has 0 aliphatic heterocycles. The van der Waals surface area contributed by atoms with Crippen LogP contribution < -0.4 is 5.32 Å². The normalized spacial score (nSPS) is 20.1. The molecule has 2 aromatic rings. The Hall–Kier alpha value is -2.50. The molecule has 0 bridgehead atoms. The highest BCUT2D eigenvalue weighted by molar-refractivity contribution is 5.61. The van der Waals surface area contributed by atoms with E-state index in [1.165, 1.54) is 12.1 Å². The van der Waals surface area contributed by atoms with Crippen molar-refractivity contribution in [3.05, 3.63) is 63.6 Å². The summed E-state index contributed by atoms with van der Waals surface area (Å²) in [5, 5.41) is 14.2. The number of pyridine rings is 1. The molecular formula is C15H14FN3O2. The molecule has 0 spiro atoms. The topological polar surface area (TPSA) is 68.1 Å². The first-order chi connectivity index (χ1) is 10.1. The van der Waals surface area contributed by atoms with Gasteiger partial charge in [0, 0.05) is 23.7 Å². The summed E-state index contributed by atoms with van der Waals surface area (Å²) >= 11 is 0. The Morgan fingerprint density at radius 1 is 1.33 bits per heavy atom.